The normalized spacial score (nSPS) is 11.8. The molecule has 68 valence electrons. The minimum atomic E-state index is -3.33. The van der Waals surface area contributed by atoms with Gasteiger partial charge in [-0.1, -0.05) is 0 Å². The van der Waals surface area contributed by atoms with E-state index in [1.165, 1.54) is 7.11 Å². The third-order valence-corrected chi connectivity index (χ3v) is 1.32. The third kappa shape index (κ3) is 9.83. The van der Waals surface area contributed by atoms with E-state index in [4.69, 9.17) is 4.74 Å². The summed E-state index contributed by atoms with van der Waals surface area (Å²) in [7, 11) is -1.85. The minimum Gasteiger partial charge on any atom is -0.359 e. The fraction of sp³-hybridized carbons (Fsp3) is 1.00. The molecule has 5 nitrogen and oxygen atoms in total. The van der Waals surface area contributed by atoms with Crippen molar-refractivity contribution in [3.63, 3.8) is 0 Å². The monoisotopic (exact) mass is 184 g/mol. The van der Waals surface area contributed by atoms with Crippen molar-refractivity contribution >= 4 is 10.1 Å². The summed E-state index contributed by atoms with van der Waals surface area (Å²) in [6.07, 6.45) is 0.989. The van der Waals surface area contributed by atoms with E-state index in [9.17, 15) is 8.42 Å². The van der Waals surface area contributed by atoms with Crippen molar-refractivity contribution in [3.05, 3.63) is 0 Å². The average Bonchev–Trinajstić information content (AvgIpc) is 1.85. The first-order valence-corrected chi connectivity index (χ1v) is 4.79. The van der Waals surface area contributed by atoms with Gasteiger partial charge < -0.3 is 9.47 Å². The van der Waals surface area contributed by atoms with Crippen LogP contribution in [0.5, 0.6) is 0 Å². The highest BCUT2D eigenvalue weighted by Crippen LogP contribution is 1.86. The summed E-state index contributed by atoms with van der Waals surface area (Å²) >= 11 is 0. The summed E-state index contributed by atoms with van der Waals surface area (Å²) in [6.45, 7) is 0.385. The van der Waals surface area contributed by atoms with Crippen LogP contribution in [0.4, 0.5) is 0 Å². The maximum atomic E-state index is 10.4. The van der Waals surface area contributed by atoms with Crippen molar-refractivity contribution in [2.24, 2.45) is 0 Å². The summed E-state index contributed by atoms with van der Waals surface area (Å²) in [5.41, 5.74) is 0. The first kappa shape index (κ1) is 10.8. The molecule has 0 aromatic rings. The number of methoxy groups -OCH3 is 1. The lowest BCUT2D eigenvalue weighted by Crippen LogP contribution is -2.10. The van der Waals surface area contributed by atoms with Crippen LogP contribution in [-0.4, -0.2) is 41.8 Å². The van der Waals surface area contributed by atoms with Gasteiger partial charge in [-0.3, -0.25) is 4.18 Å². The molecule has 6 heteroatoms. The second-order valence-corrected chi connectivity index (χ2v) is 3.48. The molecule has 0 aliphatic rings. The molecule has 0 atom stereocenters. The molecule has 0 aromatic heterocycles. The number of ether oxygens (including phenoxy) is 2. The summed E-state index contributed by atoms with van der Waals surface area (Å²) < 4.78 is 34.4. The molecule has 0 bridgehead atoms. The van der Waals surface area contributed by atoms with Gasteiger partial charge in [-0.25, -0.2) is 0 Å². The topological polar surface area (TPSA) is 61.8 Å². The Labute approximate surface area is 66.4 Å². The SMILES string of the molecule is COCOCCOS(C)(=O)=O. The van der Waals surface area contributed by atoms with Crippen LogP contribution >= 0.6 is 0 Å². The van der Waals surface area contributed by atoms with Gasteiger partial charge in [0.25, 0.3) is 10.1 Å². The van der Waals surface area contributed by atoms with Gasteiger partial charge in [0.15, 0.2) is 0 Å². The van der Waals surface area contributed by atoms with Crippen molar-refractivity contribution in [2.75, 3.05) is 33.4 Å². The molecule has 0 rings (SSSR count). The van der Waals surface area contributed by atoms with Crippen molar-refractivity contribution in [3.8, 4) is 0 Å². The highest BCUT2D eigenvalue weighted by molar-refractivity contribution is 7.85. The fourth-order valence-corrected chi connectivity index (χ4v) is 0.757. The smallest absolute Gasteiger partial charge is 0.264 e. The van der Waals surface area contributed by atoms with E-state index in [0.717, 1.165) is 6.26 Å². The molecule has 0 fully saturated rings. The summed E-state index contributed by atoms with van der Waals surface area (Å²) in [5.74, 6) is 0. The number of hydrogen-bond donors (Lipinski definition) is 0. The first-order chi connectivity index (χ1) is 5.06. The Morgan fingerprint density at radius 3 is 2.36 bits per heavy atom. The molecule has 0 unspecified atom stereocenters. The molecule has 0 heterocycles. The average molecular weight is 184 g/mol. The van der Waals surface area contributed by atoms with Gasteiger partial charge in [-0.2, -0.15) is 8.42 Å². The highest BCUT2D eigenvalue weighted by atomic mass is 32.2. The summed E-state index contributed by atoms with van der Waals surface area (Å²) in [5, 5.41) is 0. The second kappa shape index (κ2) is 5.48. The van der Waals surface area contributed by atoms with Gasteiger partial charge in [-0.05, 0) is 0 Å². The lowest BCUT2D eigenvalue weighted by Gasteiger charge is -2.01. The molecular weight excluding hydrogens is 172 g/mol. The van der Waals surface area contributed by atoms with Crippen LogP contribution in [0.1, 0.15) is 0 Å². The third-order valence-electron chi connectivity index (χ3n) is 0.726. The molecule has 0 aliphatic heterocycles. The van der Waals surface area contributed by atoms with Gasteiger partial charge in [-0.15, -0.1) is 0 Å². The molecule has 0 saturated heterocycles. The van der Waals surface area contributed by atoms with Crippen LogP contribution in [0.2, 0.25) is 0 Å². The number of rotatable bonds is 6. The van der Waals surface area contributed by atoms with Crippen molar-refractivity contribution in [1.82, 2.24) is 0 Å². The predicted octanol–water partition coefficient (Wildman–Crippen LogP) is -0.417. The maximum absolute atomic E-state index is 10.4. The Balaban J connectivity index is 3.16. The zero-order chi connectivity index (χ0) is 8.74. The van der Waals surface area contributed by atoms with Crippen LogP contribution < -0.4 is 0 Å². The lowest BCUT2D eigenvalue weighted by molar-refractivity contribution is -0.0382. The van der Waals surface area contributed by atoms with E-state index < -0.39 is 10.1 Å². The molecule has 0 saturated carbocycles. The van der Waals surface area contributed by atoms with E-state index in [-0.39, 0.29) is 20.0 Å². The standard InChI is InChI=1S/C5H12O5S/c1-8-5-9-3-4-10-11(2,6)7/h3-5H2,1-2H3. The van der Waals surface area contributed by atoms with Crippen LogP contribution in [0, 0.1) is 0 Å². The van der Waals surface area contributed by atoms with Crippen molar-refractivity contribution in [2.45, 2.75) is 0 Å². The van der Waals surface area contributed by atoms with Gasteiger partial charge >= 0.3 is 0 Å². The van der Waals surface area contributed by atoms with Crippen LogP contribution in [0.25, 0.3) is 0 Å². The Bertz CT molecular complexity index is 173. The van der Waals surface area contributed by atoms with Crippen LogP contribution in [-0.2, 0) is 23.8 Å². The van der Waals surface area contributed by atoms with E-state index in [2.05, 4.69) is 8.92 Å². The zero-order valence-electron chi connectivity index (χ0n) is 6.57. The fourth-order valence-electron chi connectivity index (χ4n) is 0.387. The van der Waals surface area contributed by atoms with Crippen LogP contribution in [0.3, 0.4) is 0 Å². The van der Waals surface area contributed by atoms with Crippen LogP contribution in [0.15, 0.2) is 0 Å². The quantitative estimate of drug-likeness (QED) is 0.319. The maximum Gasteiger partial charge on any atom is 0.264 e. The highest BCUT2D eigenvalue weighted by Gasteiger charge is 1.99. The van der Waals surface area contributed by atoms with E-state index in [1.807, 2.05) is 0 Å². The van der Waals surface area contributed by atoms with Gasteiger partial charge in [0, 0.05) is 7.11 Å². The van der Waals surface area contributed by atoms with Gasteiger partial charge in [0.1, 0.15) is 6.79 Å². The predicted molar refractivity (Wildman–Crippen MR) is 38.6 cm³/mol. The van der Waals surface area contributed by atoms with E-state index in [1.54, 1.807) is 0 Å². The largest absolute Gasteiger partial charge is 0.359 e. The Morgan fingerprint density at radius 2 is 1.91 bits per heavy atom. The molecule has 11 heavy (non-hydrogen) atoms. The first-order valence-electron chi connectivity index (χ1n) is 2.97. The lowest BCUT2D eigenvalue weighted by atomic mass is 10.8. The van der Waals surface area contributed by atoms with Crippen molar-refractivity contribution < 1.29 is 22.1 Å². The molecule has 0 N–H and O–H groups in total. The zero-order valence-corrected chi connectivity index (χ0v) is 7.39. The molecule has 0 amide bonds. The Hall–Kier alpha value is -0.170. The summed E-state index contributed by atoms with van der Waals surface area (Å²) in [4.78, 5) is 0. The van der Waals surface area contributed by atoms with E-state index >= 15 is 0 Å². The molecular formula is C5H12O5S. The van der Waals surface area contributed by atoms with Gasteiger partial charge in [0.05, 0.1) is 19.5 Å². The molecule has 0 aliphatic carbocycles. The molecule has 0 aromatic carbocycles. The Morgan fingerprint density at radius 1 is 1.27 bits per heavy atom. The molecule has 0 radical (unpaired) electrons. The minimum absolute atomic E-state index is 0.0300. The van der Waals surface area contributed by atoms with E-state index in [0.29, 0.717) is 0 Å². The summed E-state index contributed by atoms with van der Waals surface area (Å²) in [6, 6.07) is 0. The second-order valence-electron chi connectivity index (χ2n) is 1.84. The van der Waals surface area contributed by atoms with Crippen molar-refractivity contribution in [1.29, 1.82) is 0 Å². The number of hydrogen-bond acceptors (Lipinski definition) is 5. The Kier molecular flexibility index (Phi) is 5.39. The molecule has 0 spiro atoms. The van der Waals surface area contributed by atoms with Gasteiger partial charge in [0.2, 0.25) is 0 Å².